The van der Waals surface area contributed by atoms with E-state index in [-0.39, 0.29) is 9.74 Å². The van der Waals surface area contributed by atoms with Gasteiger partial charge >= 0.3 is 0 Å². The molecule has 1 N–H and O–H groups in total. The Morgan fingerprint density at radius 3 is 2.52 bits per heavy atom. The molecule has 3 nitrogen and oxygen atoms in total. The molecule has 0 saturated heterocycles. The van der Waals surface area contributed by atoms with Gasteiger partial charge in [-0.05, 0) is 75.3 Å². The number of ether oxygens (including phenoxy) is 1. The fourth-order valence-electron chi connectivity index (χ4n) is 5.74. The molecule has 25 heavy (non-hydrogen) atoms. The second-order valence-corrected chi connectivity index (χ2v) is 10.2. The van der Waals surface area contributed by atoms with Gasteiger partial charge < -0.3 is 10.1 Å². The highest BCUT2D eigenvalue weighted by molar-refractivity contribution is 9.10. The van der Waals surface area contributed by atoms with Crippen molar-refractivity contribution < 1.29 is 9.53 Å². The molecular weight excluding hydrogens is 378 g/mol. The van der Waals surface area contributed by atoms with E-state index in [1.807, 2.05) is 30.3 Å². The van der Waals surface area contributed by atoms with E-state index < -0.39 is 0 Å². The van der Waals surface area contributed by atoms with Crippen LogP contribution in [0.2, 0.25) is 0 Å². The van der Waals surface area contributed by atoms with Gasteiger partial charge in [0, 0.05) is 10.9 Å². The Balaban J connectivity index is 1.21. The molecule has 1 aromatic carbocycles. The van der Waals surface area contributed by atoms with Crippen molar-refractivity contribution in [2.24, 2.45) is 17.3 Å². The molecule has 0 aromatic heterocycles. The molecule has 4 saturated carbocycles. The maximum atomic E-state index is 12.9. The molecule has 2 atom stereocenters. The first kappa shape index (κ1) is 17.4. The molecule has 4 aliphatic rings. The Bertz CT molecular complexity index is 604. The normalized spacial score (nSPS) is 35.6. The Hall–Kier alpha value is -1.03. The third-order valence-electron chi connectivity index (χ3n) is 6.34. The van der Waals surface area contributed by atoms with Gasteiger partial charge in [-0.3, -0.25) is 4.79 Å². The molecule has 5 rings (SSSR count). The Kier molecular flexibility index (Phi) is 4.83. The second kappa shape index (κ2) is 6.94. The fraction of sp³-hybridized carbons (Fsp3) is 0.667. The van der Waals surface area contributed by atoms with Crippen molar-refractivity contribution in [1.82, 2.24) is 5.32 Å². The predicted molar refractivity (Wildman–Crippen MR) is 103 cm³/mol. The molecule has 2 unspecified atom stereocenters. The standard InChI is InChI=1S/C21H28BrNO2/c22-21-13-16-10-17(14-21)12-20(11-16,15-21)19(24)23-8-4-5-9-25-18-6-2-1-3-7-18/h1-3,6-7,16-17H,4-5,8-15H2,(H,23,24). The molecule has 4 heteroatoms. The lowest BCUT2D eigenvalue weighted by Gasteiger charge is -2.59. The lowest BCUT2D eigenvalue weighted by atomic mass is 9.49. The molecule has 4 fully saturated rings. The van der Waals surface area contributed by atoms with Crippen LogP contribution >= 0.6 is 15.9 Å². The molecule has 4 aliphatic carbocycles. The van der Waals surface area contributed by atoms with E-state index in [1.165, 1.54) is 19.3 Å². The maximum absolute atomic E-state index is 12.9. The van der Waals surface area contributed by atoms with Crippen LogP contribution in [0.4, 0.5) is 0 Å². The smallest absolute Gasteiger partial charge is 0.226 e. The third kappa shape index (κ3) is 3.74. The number of hydrogen-bond donors (Lipinski definition) is 1. The highest BCUT2D eigenvalue weighted by Gasteiger charge is 2.59. The zero-order valence-corrected chi connectivity index (χ0v) is 16.4. The van der Waals surface area contributed by atoms with Gasteiger partial charge in [0.1, 0.15) is 5.75 Å². The zero-order chi connectivity index (χ0) is 17.3. The van der Waals surface area contributed by atoms with Crippen molar-refractivity contribution in [2.45, 2.75) is 55.7 Å². The number of benzene rings is 1. The highest BCUT2D eigenvalue weighted by atomic mass is 79.9. The van der Waals surface area contributed by atoms with Crippen LogP contribution in [0.1, 0.15) is 51.4 Å². The largest absolute Gasteiger partial charge is 0.494 e. The third-order valence-corrected chi connectivity index (χ3v) is 7.27. The van der Waals surface area contributed by atoms with E-state index in [4.69, 9.17) is 4.74 Å². The minimum Gasteiger partial charge on any atom is -0.494 e. The first-order valence-corrected chi connectivity index (χ1v) is 10.5. The number of para-hydroxylation sites is 1. The number of rotatable bonds is 7. The van der Waals surface area contributed by atoms with Gasteiger partial charge in [-0.15, -0.1) is 0 Å². The van der Waals surface area contributed by atoms with Gasteiger partial charge in [0.2, 0.25) is 5.91 Å². The number of alkyl halides is 1. The first-order chi connectivity index (χ1) is 12.1. The molecule has 0 aliphatic heterocycles. The topological polar surface area (TPSA) is 38.3 Å². The van der Waals surface area contributed by atoms with Gasteiger partial charge in [0.05, 0.1) is 12.0 Å². The van der Waals surface area contributed by atoms with Crippen LogP contribution in [-0.2, 0) is 4.79 Å². The number of unbranched alkanes of at least 4 members (excludes halogenated alkanes) is 1. The van der Waals surface area contributed by atoms with Crippen molar-refractivity contribution in [2.75, 3.05) is 13.2 Å². The summed E-state index contributed by atoms with van der Waals surface area (Å²) < 4.78 is 5.96. The molecule has 1 aromatic rings. The minimum absolute atomic E-state index is 0.0892. The van der Waals surface area contributed by atoms with E-state index in [0.717, 1.165) is 56.2 Å². The quantitative estimate of drug-likeness (QED) is 0.527. The van der Waals surface area contributed by atoms with E-state index in [2.05, 4.69) is 21.2 Å². The van der Waals surface area contributed by atoms with Crippen molar-refractivity contribution in [3.05, 3.63) is 30.3 Å². The van der Waals surface area contributed by atoms with E-state index in [9.17, 15) is 4.79 Å². The number of hydrogen-bond acceptors (Lipinski definition) is 2. The monoisotopic (exact) mass is 405 g/mol. The number of carbonyl (C=O) groups excluding carboxylic acids is 1. The van der Waals surface area contributed by atoms with Crippen molar-refractivity contribution in [3.63, 3.8) is 0 Å². The average molecular weight is 406 g/mol. The summed E-state index contributed by atoms with van der Waals surface area (Å²) in [6, 6.07) is 9.91. The predicted octanol–water partition coefficient (Wildman–Crippen LogP) is 4.70. The van der Waals surface area contributed by atoms with Crippen LogP contribution in [0, 0.1) is 17.3 Å². The van der Waals surface area contributed by atoms with E-state index >= 15 is 0 Å². The SMILES string of the molecule is O=C(NCCCCOc1ccccc1)C12CC3CC(CC(Br)(C3)C1)C2. The fourth-order valence-corrected chi connectivity index (χ4v) is 7.19. The van der Waals surface area contributed by atoms with E-state index in [1.54, 1.807) is 0 Å². The molecule has 136 valence electrons. The molecule has 0 heterocycles. The Labute approximate surface area is 159 Å². The van der Waals surface area contributed by atoms with Crippen LogP contribution in [0.3, 0.4) is 0 Å². The van der Waals surface area contributed by atoms with Crippen LogP contribution < -0.4 is 10.1 Å². The minimum atomic E-state index is -0.0892. The molecule has 1 amide bonds. The van der Waals surface area contributed by atoms with Crippen LogP contribution in [-0.4, -0.2) is 23.4 Å². The summed E-state index contributed by atoms with van der Waals surface area (Å²) in [5, 5.41) is 3.24. The van der Waals surface area contributed by atoms with Gasteiger partial charge in [0.25, 0.3) is 0 Å². The van der Waals surface area contributed by atoms with Crippen molar-refractivity contribution in [1.29, 1.82) is 0 Å². The lowest BCUT2D eigenvalue weighted by Crippen LogP contribution is -2.58. The van der Waals surface area contributed by atoms with Crippen LogP contribution in [0.15, 0.2) is 30.3 Å². The Morgan fingerprint density at radius 1 is 1.12 bits per heavy atom. The summed E-state index contributed by atoms with van der Waals surface area (Å²) in [5.41, 5.74) is -0.0892. The number of nitrogens with one attached hydrogen (secondary N) is 1. The number of amides is 1. The molecule has 0 radical (unpaired) electrons. The summed E-state index contributed by atoms with van der Waals surface area (Å²) in [6.07, 6.45) is 9.09. The van der Waals surface area contributed by atoms with E-state index in [0.29, 0.717) is 12.5 Å². The molecule has 4 bridgehead atoms. The number of carbonyl (C=O) groups is 1. The van der Waals surface area contributed by atoms with Crippen LogP contribution in [0.5, 0.6) is 5.75 Å². The highest BCUT2D eigenvalue weighted by Crippen LogP contribution is 2.64. The second-order valence-electron chi connectivity index (χ2n) is 8.52. The molecule has 0 spiro atoms. The Morgan fingerprint density at radius 2 is 1.84 bits per heavy atom. The average Bonchev–Trinajstić information content (AvgIpc) is 2.56. The zero-order valence-electron chi connectivity index (χ0n) is 14.8. The number of halogens is 1. The van der Waals surface area contributed by atoms with Crippen LogP contribution in [0.25, 0.3) is 0 Å². The molecular formula is C21H28BrNO2. The maximum Gasteiger partial charge on any atom is 0.226 e. The summed E-state index contributed by atoms with van der Waals surface area (Å²) in [6.45, 7) is 1.48. The summed E-state index contributed by atoms with van der Waals surface area (Å²) >= 11 is 3.99. The summed E-state index contributed by atoms with van der Waals surface area (Å²) in [5.74, 6) is 2.74. The van der Waals surface area contributed by atoms with Gasteiger partial charge in [-0.1, -0.05) is 34.1 Å². The van der Waals surface area contributed by atoms with Gasteiger partial charge in [-0.25, -0.2) is 0 Å². The first-order valence-electron chi connectivity index (χ1n) is 9.72. The van der Waals surface area contributed by atoms with Gasteiger partial charge in [-0.2, -0.15) is 0 Å². The lowest BCUT2D eigenvalue weighted by molar-refractivity contribution is -0.144. The van der Waals surface area contributed by atoms with Gasteiger partial charge in [0.15, 0.2) is 0 Å². The van der Waals surface area contributed by atoms with Crippen molar-refractivity contribution >= 4 is 21.8 Å². The van der Waals surface area contributed by atoms with Crippen molar-refractivity contribution in [3.8, 4) is 5.75 Å². The summed E-state index contributed by atoms with van der Waals surface area (Å²) in [7, 11) is 0. The summed E-state index contributed by atoms with van der Waals surface area (Å²) in [4.78, 5) is 12.9.